The second kappa shape index (κ2) is 7.76. The highest BCUT2D eigenvalue weighted by molar-refractivity contribution is 7.86. The normalized spacial score (nSPS) is 18.7. The van der Waals surface area contributed by atoms with E-state index in [-0.39, 0.29) is 24.7 Å². The lowest BCUT2D eigenvalue weighted by Gasteiger charge is -2.34. The number of carbonyl (C=O) groups is 1. The molecule has 128 valence electrons. The van der Waals surface area contributed by atoms with Gasteiger partial charge >= 0.3 is 6.09 Å². The van der Waals surface area contributed by atoms with Crippen molar-refractivity contribution in [2.45, 2.75) is 24.8 Å². The number of ether oxygens (including phenoxy) is 2. The molecule has 2 rings (SSSR count). The molecule has 23 heavy (non-hydrogen) atoms. The Bertz CT molecular complexity index is 628. The smallest absolute Gasteiger partial charge is 0.410 e. The lowest BCUT2D eigenvalue weighted by molar-refractivity contribution is -0.0209. The van der Waals surface area contributed by atoms with Gasteiger partial charge in [-0.1, -0.05) is 17.7 Å². The summed E-state index contributed by atoms with van der Waals surface area (Å²) in [5.41, 5.74) is 0.957. The average Bonchev–Trinajstić information content (AvgIpc) is 2.54. The van der Waals surface area contributed by atoms with Crippen molar-refractivity contribution >= 4 is 16.2 Å². The summed E-state index contributed by atoms with van der Waals surface area (Å²) >= 11 is 0. The molecule has 1 heterocycles. The van der Waals surface area contributed by atoms with Crippen LogP contribution in [-0.2, 0) is 23.8 Å². The van der Waals surface area contributed by atoms with Crippen LogP contribution in [0.15, 0.2) is 29.2 Å². The van der Waals surface area contributed by atoms with E-state index in [0.29, 0.717) is 13.2 Å². The molecule has 1 aliphatic rings. The molecule has 1 amide bonds. The molecule has 1 unspecified atom stereocenters. The molecule has 1 saturated heterocycles. The Morgan fingerprint density at radius 1 is 1.35 bits per heavy atom. The molecule has 1 fully saturated rings. The van der Waals surface area contributed by atoms with Gasteiger partial charge < -0.3 is 9.47 Å². The number of rotatable bonds is 5. The van der Waals surface area contributed by atoms with E-state index in [4.69, 9.17) is 13.7 Å². The van der Waals surface area contributed by atoms with E-state index in [0.717, 1.165) is 5.56 Å². The summed E-state index contributed by atoms with van der Waals surface area (Å²) < 4.78 is 39.7. The molecule has 0 aromatic heterocycles. The molecule has 0 saturated carbocycles. The highest BCUT2D eigenvalue weighted by atomic mass is 32.2. The lowest BCUT2D eigenvalue weighted by atomic mass is 10.2. The fourth-order valence-electron chi connectivity index (χ4n) is 2.18. The Morgan fingerprint density at radius 3 is 2.70 bits per heavy atom. The first-order valence-corrected chi connectivity index (χ1v) is 8.82. The standard InChI is InChI=1S/C15H21NO6S/c1-3-21-15(17)16-8-9-20-10-13(16)11-22-23(18,19)14-6-4-12(2)5-7-14/h4-7,13H,3,8-11H2,1-2H3. The van der Waals surface area contributed by atoms with E-state index >= 15 is 0 Å². The Labute approximate surface area is 136 Å². The number of carbonyl (C=O) groups excluding carboxylic acids is 1. The Balaban J connectivity index is 2.02. The van der Waals surface area contributed by atoms with Crippen molar-refractivity contribution in [3.8, 4) is 0 Å². The number of amides is 1. The van der Waals surface area contributed by atoms with Crippen molar-refractivity contribution in [1.29, 1.82) is 0 Å². The summed E-state index contributed by atoms with van der Waals surface area (Å²) in [5, 5.41) is 0. The molecule has 1 aromatic carbocycles. The van der Waals surface area contributed by atoms with Gasteiger partial charge in [0.25, 0.3) is 10.1 Å². The van der Waals surface area contributed by atoms with Crippen LogP contribution < -0.4 is 0 Å². The number of nitrogens with zero attached hydrogens (tertiary/aromatic N) is 1. The van der Waals surface area contributed by atoms with Crippen LogP contribution >= 0.6 is 0 Å². The van der Waals surface area contributed by atoms with Crippen molar-refractivity contribution in [2.24, 2.45) is 0 Å². The van der Waals surface area contributed by atoms with Crippen molar-refractivity contribution in [3.05, 3.63) is 29.8 Å². The SMILES string of the molecule is CCOC(=O)N1CCOCC1COS(=O)(=O)c1ccc(C)cc1. The zero-order chi connectivity index (χ0) is 16.9. The number of aryl methyl sites for hydroxylation is 1. The van der Waals surface area contributed by atoms with Crippen LogP contribution in [-0.4, -0.2) is 58.4 Å². The summed E-state index contributed by atoms with van der Waals surface area (Å²) in [7, 11) is -3.87. The summed E-state index contributed by atoms with van der Waals surface area (Å²) in [4.78, 5) is 13.4. The predicted molar refractivity (Wildman–Crippen MR) is 82.7 cm³/mol. The van der Waals surface area contributed by atoms with Gasteiger partial charge in [-0.15, -0.1) is 0 Å². The van der Waals surface area contributed by atoms with Crippen LogP contribution in [0, 0.1) is 6.92 Å². The Kier molecular flexibility index (Phi) is 5.97. The van der Waals surface area contributed by atoms with Gasteiger partial charge in [0.1, 0.15) is 0 Å². The third-order valence-corrected chi connectivity index (χ3v) is 4.75. The molecular formula is C15H21NO6S. The minimum atomic E-state index is -3.87. The van der Waals surface area contributed by atoms with Crippen LogP contribution in [0.5, 0.6) is 0 Å². The summed E-state index contributed by atoms with van der Waals surface area (Å²) in [6.07, 6.45) is -0.489. The molecule has 8 heteroatoms. The predicted octanol–water partition coefficient (Wildman–Crippen LogP) is 1.56. The van der Waals surface area contributed by atoms with Crippen LogP contribution in [0.25, 0.3) is 0 Å². The monoisotopic (exact) mass is 343 g/mol. The second-order valence-corrected chi connectivity index (χ2v) is 6.79. The van der Waals surface area contributed by atoms with Crippen molar-refractivity contribution < 1.29 is 26.9 Å². The van der Waals surface area contributed by atoms with Gasteiger partial charge in [-0.3, -0.25) is 9.08 Å². The van der Waals surface area contributed by atoms with Crippen molar-refractivity contribution in [2.75, 3.05) is 33.0 Å². The van der Waals surface area contributed by atoms with Crippen LogP contribution in [0.1, 0.15) is 12.5 Å². The van der Waals surface area contributed by atoms with E-state index in [1.807, 2.05) is 6.92 Å². The van der Waals surface area contributed by atoms with Gasteiger partial charge in [-0.05, 0) is 26.0 Å². The van der Waals surface area contributed by atoms with Crippen molar-refractivity contribution in [1.82, 2.24) is 4.90 Å². The first-order chi connectivity index (χ1) is 10.9. The maximum absolute atomic E-state index is 12.2. The average molecular weight is 343 g/mol. The van der Waals surface area contributed by atoms with E-state index in [2.05, 4.69) is 0 Å². The topological polar surface area (TPSA) is 82.1 Å². The zero-order valence-corrected chi connectivity index (χ0v) is 14.0. The fourth-order valence-corrected chi connectivity index (χ4v) is 3.12. The van der Waals surface area contributed by atoms with Crippen LogP contribution in [0.4, 0.5) is 4.79 Å². The lowest BCUT2D eigenvalue weighted by Crippen LogP contribution is -2.51. The van der Waals surface area contributed by atoms with Gasteiger partial charge in [-0.25, -0.2) is 4.79 Å². The molecule has 7 nitrogen and oxygen atoms in total. The maximum atomic E-state index is 12.2. The Morgan fingerprint density at radius 2 is 2.04 bits per heavy atom. The maximum Gasteiger partial charge on any atom is 0.410 e. The number of hydrogen-bond donors (Lipinski definition) is 0. The van der Waals surface area contributed by atoms with Gasteiger partial charge in [0.2, 0.25) is 0 Å². The molecule has 0 N–H and O–H groups in total. The zero-order valence-electron chi connectivity index (χ0n) is 13.2. The van der Waals surface area contributed by atoms with Crippen molar-refractivity contribution in [3.63, 3.8) is 0 Å². The van der Waals surface area contributed by atoms with E-state index < -0.39 is 22.3 Å². The molecule has 1 aromatic rings. The van der Waals surface area contributed by atoms with Crippen LogP contribution in [0.2, 0.25) is 0 Å². The molecule has 1 aliphatic heterocycles. The molecule has 0 bridgehead atoms. The van der Waals surface area contributed by atoms with Gasteiger partial charge in [-0.2, -0.15) is 8.42 Å². The molecule has 1 atom stereocenters. The minimum Gasteiger partial charge on any atom is -0.450 e. The molecule has 0 aliphatic carbocycles. The summed E-state index contributed by atoms with van der Waals surface area (Å²) in [5.74, 6) is 0. The minimum absolute atomic E-state index is 0.0857. The number of hydrogen-bond acceptors (Lipinski definition) is 6. The highest BCUT2D eigenvalue weighted by Crippen LogP contribution is 2.16. The Hall–Kier alpha value is -1.64. The first-order valence-electron chi connectivity index (χ1n) is 7.41. The van der Waals surface area contributed by atoms with E-state index in [1.165, 1.54) is 17.0 Å². The molecule has 0 spiro atoms. The third kappa shape index (κ3) is 4.66. The summed E-state index contributed by atoms with van der Waals surface area (Å²) in [6, 6.07) is 5.88. The highest BCUT2D eigenvalue weighted by Gasteiger charge is 2.30. The fraction of sp³-hybridized carbons (Fsp3) is 0.533. The quantitative estimate of drug-likeness (QED) is 0.755. The van der Waals surface area contributed by atoms with Gasteiger partial charge in [0, 0.05) is 6.54 Å². The molecule has 0 radical (unpaired) electrons. The van der Waals surface area contributed by atoms with E-state index in [1.54, 1.807) is 19.1 Å². The second-order valence-electron chi connectivity index (χ2n) is 5.17. The largest absolute Gasteiger partial charge is 0.450 e. The van der Waals surface area contributed by atoms with Gasteiger partial charge in [0.15, 0.2) is 0 Å². The summed E-state index contributed by atoms with van der Waals surface area (Å²) in [6.45, 7) is 4.61. The number of morpholine rings is 1. The van der Waals surface area contributed by atoms with Crippen LogP contribution in [0.3, 0.4) is 0 Å². The van der Waals surface area contributed by atoms with E-state index in [9.17, 15) is 13.2 Å². The third-order valence-electron chi connectivity index (χ3n) is 3.46. The number of benzene rings is 1. The van der Waals surface area contributed by atoms with Gasteiger partial charge in [0.05, 0.1) is 37.4 Å². The molecular weight excluding hydrogens is 322 g/mol. The first kappa shape index (κ1) is 17.7.